The number of hydrogen-bond acceptors (Lipinski definition) is 4. The molecule has 0 radical (unpaired) electrons. The first-order valence-corrected chi connectivity index (χ1v) is 4.90. The van der Waals surface area contributed by atoms with Crippen molar-refractivity contribution in [3.05, 3.63) is 47.3 Å². The Hall–Kier alpha value is -1.55. The first kappa shape index (κ1) is 9.02. The Morgan fingerprint density at radius 1 is 1.36 bits per heavy atom. The first-order chi connectivity index (χ1) is 6.79. The second kappa shape index (κ2) is 3.67. The number of ketones is 1. The molecule has 0 saturated heterocycles. The average Bonchev–Trinajstić information content (AvgIpc) is 2.70. The van der Waals surface area contributed by atoms with Crippen molar-refractivity contribution in [2.45, 2.75) is 6.92 Å². The highest BCUT2D eigenvalue weighted by Crippen LogP contribution is 2.12. The number of rotatable bonds is 2. The number of aryl methyl sites for hydroxylation is 1. The summed E-state index contributed by atoms with van der Waals surface area (Å²) in [5.41, 5.74) is 2.08. The molecule has 1 heterocycles. The zero-order chi connectivity index (χ0) is 9.97. The Bertz CT molecular complexity index is 451. The molecule has 0 fully saturated rings. The quantitative estimate of drug-likeness (QED) is 0.703. The number of carbonyl (C=O) groups excluding carboxylic acids is 1. The number of aromatic nitrogens is 2. The van der Waals surface area contributed by atoms with E-state index in [0.717, 1.165) is 17.3 Å². The topological polar surface area (TPSA) is 42.9 Å². The fourth-order valence-electron chi connectivity index (χ4n) is 1.23. The molecule has 0 spiro atoms. The molecule has 3 nitrogen and oxygen atoms in total. The lowest BCUT2D eigenvalue weighted by atomic mass is 10.0. The predicted molar refractivity (Wildman–Crippen MR) is 54.5 cm³/mol. The van der Waals surface area contributed by atoms with E-state index < -0.39 is 0 Å². The van der Waals surface area contributed by atoms with E-state index in [1.165, 1.54) is 6.20 Å². The summed E-state index contributed by atoms with van der Waals surface area (Å²) in [6.45, 7) is 1.91. The summed E-state index contributed by atoms with van der Waals surface area (Å²) in [6, 6.07) is 7.47. The molecule has 0 aliphatic heterocycles. The summed E-state index contributed by atoms with van der Waals surface area (Å²) in [7, 11) is 0. The van der Waals surface area contributed by atoms with E-state index >= 15 is 0 Å². The smallest absolute Gasteiger partial charge is 0.214 e. The second-order valence-corrected chi connectivity index (χ2v) is 3.49. The molecule has 0 bridgehead atoms. The maximum atomic E-state index is 11.8. The van der Waals surface area contributed by atoms with Gasteiger partial charge in [-0.1, -0.05) is 24.3 Å². The number of carbonyl (C=O) groups is 1. The molecule has 0 saturated carbocycles. The van der Waals surface area contributed by atoms with Gasteiger partial charge in [0.25, 0.3) is 0 Å². The lowest BCUT2D eigenvalue weighted by molar-refractivity contribution is 0.103. The molecular weight excluding hydrogens is 196 g/mol. The van der Waals surface area contributed by atoms with Crippen molar-refractivity contribution in [1.29, 1.82) is 0 Å². The fourth-order valence-corrected chi connectivity index (χ4v) is 1.64. The zero-order valence-corrected chi connectivity index (χ0v) is 8.41. The van der Waals surface area contributed by atoms with Crippen LogP contribution in [-0.4, -0.2) is 14.5 Å². The molecule has 4 heteroatoms. The Morgan fingerprint density at radius 2 is 2.14 bits per heavy atom. The van der Waals surface area contributed by atoms with E-state index in [9.17, 15) is 4.79 Å². The molecule has 1 aromatic heterocycles. The van der Waals surface area contributed by atoms with Crippen molar-refractivity contribution >= 4 is 17.5 Å². The van der Waals surface area contributed by atoms with E-state index in [1.807, 2.05) is 25.1 Å². The van der Waals surface area contributed by atoms with E-state index in [0.29, 0.717) is 11.3 Å². The monoisotopic (exact) mass is 204 g/mol. The first-order valence-electron chi connectivity index (χ1n) is 4.17. The van der Waals surface area contributed by atoms with Crippen LogP contribution in [-0.2, 0) is 0 Å². The van der Waals surface area contributed by atoms with Crippen LogP contribution in [0.1, 0.15) is 21.6 Å². The minimum atomic E-state index is -0.0585. The molecule has 0 amide bonds. The van der Waals surface area contributed by atoms with Gasteiger partial charge in [0.1, 0.15) is 5.69 Å². The summed E-state index contributed by atoms with van der Waals surface area (Å²) >= 11 is 1.05. The third-order valence-electron chi connectivity index (χ3n) is 1.98. The highest BCUT2D eigenvalue weighted by Gasteiger charge is 2.13. The van der Waals surface area contributed by atoms with Crippen LogP contribution in [0.2, 0.25) is 0 Å². The van der Waals surface area contributed by atoms with Gasteiger partial charge in [-0.25, -0.2) is 0 Å². The van der Waals surface area contributed by atoms with Gasteiger partial charge >= 0.3 is 0 Å². The third kappa shape index (κ3) is 1.56. The molecule has 2 aromatic rings. The van der Waals surface area contributed by atoms with Crippen molar-refractivity contribution in [2.75, 3.05) is 0 Å². The van der Waals surface area contributed by atoms with Gasteiger partial charge in [-0.15, -0.1) is 0 Å². The van der Waals surface area contributed by atoms with Crippen molar-refractivity contribution < 1.29 is 4.79 Å². The highest BCUT2D eigenvalue weighted by atomic mass is 32.1. The van der Waals surface area contributed by atoms with Gasteiger partial charge in [0.2, 0.25) is 5.78 Å². The molecular formula is C10H8N2OS. The zero-order valence-electron chi connectivity index (χ0n) is 7.60. The molecule has 0 atom stereocenters. The molecule has 2 rings (SSSR count). The molecule has 0 aliphatic rings. The minimum Gasteiger partial charge on any atom is -0.287 e. The Morgan fingerprint density at radius 3 is 2.79 bits per heavy atom. The van der Waals surface area contributed by atoms with E-state index in [4.69, 9.17) is 0 Å². The molecule has 70 valence electrons. The predicted octanol–water partition coefficient (Wildman–Crippen LogP) is 2.08. The average molecular weight is 204 g/mol. The number of benzene rings is 1. The molecule has 0 N–H and O–H groups in total. The molecule has 0 aliphatic carbocycles. The van der Waals surface area contributed by atoms with Crippen molar-refractivity contribution in [2.24, 2.45) is 0 Å². The largest absolute Gasteiger partial charge is 0.287 e. The van der Waals surface area contributed by atoms with Crippen molar-refractivity contribution in [3.8, 4) is 0 Å². The summed E-state index contributed by atoms with van der Waals surface area (Å²) in [6.07, 6.45) is 1.50. The van der Waals surface area contributed by atoms with Gasteiger partial charge in [-0.05, 0) is 12.5 Å². The Labute approximate surface area is 85.7 Å². The Kier molecular flexibility index (Phi) is 2.37. The molecule has 0 unspecified atom stereocenters. The van der Waals surface area contributed by atoms with Gasteiger partial charge in [0.15, 0.2) is 0 Å². The standard InChI is InChI=1S/C10H8N2OS/c1-7-4-2-3-5-8(7)10(13)9-6-11-14-12-9/h2-6H,1H3. The van der Waals surface area contributed by atoms with E-state index in [-0.39, 0.29) is 5.78 Å². The van der Waals surface area contributed by atoms with Gasteiger partial charge in [0.05, 0.1) is 17.9 Å². The van der Waals surface area contributed by atoms with Crippen molar-refractivity contribution in [1.82, 2.24) is 8.75 Å². The molecule has 1 aromatic carbocycles. The lowest BCUT2D eigenvalue weighted by Gasteiger charge is -2.00. The van der Waals surface area contributed by atoms with Crippen LogP contribution in [0.3, 0.4) is 0 Å². The summed E-state index contributed by atoms with van der Waals surface area (Å²) in [4.78, 5) is 11.8. The van der Waals surface area contributed by atoms with Crippen LogP contribution in [0, 0.1) is 6.92 Å². The SMILES string of the molecule is Cc1ccccc1C(=O)c1cnsn1. The van der Waals surface area contributed by atoms with Crippen LogP contribution >= 0.6 is 11.7 Å². The maximum Gasteiger partial charge on any atom is 0.214 e. The van der Waals surface area contributed by atoms with Crippen LogP contribution < -0.4 is 0 Å². The van der Waals surface area contributed by atoms with Gasteiger partial charge in [-0.3, -0.25) is 4.79 Å². The van der Waals surface area contributed by atoms with Crippen LogP contribution in [0.25, 0.3) is 0 Å². The number of hydrogen-bond donors (Lipinski definition) is 0. The van der Waals surface area contributed by atoms with Gasteiger partial charge < -0.3 is 0 Å². The summed E-state index contributed by atoms with van der Waals surface area (Å²) < 4.78 is 7.72. The van der Waals surface area contributed by atoms with Crippen LogP contribution in [0.5, 0.6) is 0 Å². The lowest BCUT2D eigenvalue weighted by Crippen LogP contribution is -2.03. The summed E-state index contributed by atoms with van der Waals surface area (Å²) in [5, 5.41) is 0. The van der Waals surface area contributed by atoms with E-state index in [2.05, 4.69) is 8.75 Å². The molecule has 14 heavy (non-hydrogen) atoms. The van der Waals surface area contributed by atoms with Crippen LogP contribution in [0.15, 0.2) is 30.5 Å². The highest BCUT2D eigenvalue weighted by molar-refractivity contribution is 6.99. The minimum absolute atomic E-state index is 0.0585. The van der Waals surface area contributed by atoms with Gasteiger partial charge in [0, 0.05) is 5.56 Å². The van der Waals surface area contributed by atoms with E-state index in [1.54, 1.807) is 6.07 Å². The fraction of sp³-hybridized carbons (Fsp3) is 0.100. The normalized spacial score (nSPS) is 10.1. The number of nitrogens with zero attached hydrogens (tertiary/aromatic N) is 2. The van der Waals surface area contributed by atoms with Crippen LogP contribution in [0.4, 0.5) is 0 Å². The third-order valence-corrected chi connectivity index (χ3v) is 2.46. The summed E-state index contributed by atoms with van der Waals surface area (Å²) in [5.74, 6) is -0.0585. The maximum absolute atomic E-state index is 11.8. The van der Waals surface area contributed by atoms with Gasteiger partial charge in [-0.2, -0.15) is 8.75 Å². The second-order valence-electron chi connectivity index (χ2n) is 2.94. The van der Waals surface area contributed by atoms with Crippen molar-refractivity contribution in [3.63, 3.8) is 0 Å². The Balaban J connectivity index is 2.42.